The van der Waals surface area contributed by atoms with Crippen LogP contribution in [-0.4, -0.2) is 65.7 Å². The van der Waals surface area contributed by atoms with E-state index in [1.807, 2.05) is 25.4 Å². The summed E-state index contributed by atoms with van der Waals surface area (Å²) in [6, 6.07) is 6.16. The summed E-state index contributed by atoms with van der Waals surface area (Å²) >= 11 is 0. The Labute approximate surface area is 162 Å². The van der Waals surface area contributed by atoms with Crippen LogP contribution in [0.2, 0.25) is 0 Å². The van der Waals surface area contributed by atoms with E-state index < -0.39 is 0 Å². The fourth-order valence-corrected chi connectivity index (χ4v) is 4.30. The van der Waals surface area contributed by atoms with Crippen molar-refractivity contribution in [3.8, 4) is 0 Å². The van der Waals surface area contributed by atoms with Crippen LogP contribution in [-0.2, 0) is 0 Å². The summed E-state index contributed by atoms with van der Waals surface area (Å²) < 4.78 is 0. The van der Waals surface area contributed by atoms with Crippen LogP contribution in [0.1, 0.15) is 24.2 Å². The van der Waals surface area contributed by atoms with Gasteiger partial charge < -0.3 is 9.80 Å². The van der Waals surface area contributed by atoms with E-state index in [1.54, 1.807) is 0 Å². The van der Waals surface area contributed by atoms with Crippen LogP contribution < -0.4 is 9.80 Å². The van der Waals surface area contributed by atoms with Gasteiger partial charge in [0.1, 0.15) is 11.6 Å². The van der Waals surface area contributed by atoms with Crippen LogP contribution in [0, 0.1) is 19.8 Å². The minimum Gasteiger partial charge on any atom is -0.355 e. The van der Waals surface area contributed by atoms with Crippen molar-refractivity contribution in [2.24, 2.45) is 5.92 Å². The van der Waals surface area contributed by atoms with E-state index in [2.05, 4.69) is 43.7 Å². The minimum absolute atomic E-state index is 0.710. The minimum atomic E-state index is 0.710. The highest BCUT2D eigenvalue weighted by molar-refractivity contribution is 5.43. The summed E-state index contributed by atoms with van der Waals surface area (Å²) in [5.74, 6) is 2.90. The predicted octanol–water partition coefficient (Wildman–Crippen LogP) is 2.53. The van der Waals surface area contributed by atoms with Gasteiger partial charge in [0.25, 0.3) is 0 Å². The van der Waals surface area contributed by atoms with Gasteiger partial charge in [-0.25, -0.2) is 9.97 Å². The predicted molar refractivity (Wildman–Crippen MR) is 109 cm³/mol. The molecule has 6 nitrogen and oxygen atoms in total. The average Bonchev–Trinajstić information content (AvgIpc) is 2.71. The normalized spacial score (nSPS) is 21.5. The lowest BCUT2D eigenvalue weighted by Gasteiger charge is -2.40. The first-order valence-corrected chi connectivity index (χ1v) is 10.1. The van der Waals surface area contributed by atoms with Gasteiger partial charge in [0.05, 0.1) is 11.4 Å². The highest BCUT2D eigenvalue weighted by Gasteiger charge is 2.26. The number of rotatable bonds is 4. The Morgan fingerprint density at radius 2 is 1.85 bits per heavy atom. The van der Waals surface area contributed by atoms with E-state index in [9.17, 15) is 0 Å². The lowest BCUT2D eigenvalue weighted by atomic mass is 9.97. The SMILES string of the molecule is Cc1cnc(C)c(N2CCCC(CN3CCN(c4ccccn4)CC3)C2)n1. The van der Waals surface area contributed by atoms with Crippen molar-refractivity contribution in [2.75, 3.05) is 55.6 Å². The van der Waals surface area contributed by atoms with Crippen molar-refractivity contribution < 1.29 is 0 Å². The molecular weight excluding hydrogens is 336 g/mol. The van der Waals surface area contributed by atoms with E-state index in [-0.39, 0.29) is 0 Å². The molecule has 2 aromatic rings. The van der Waals surface area contributed by atoms with Crippen LogP contribution in [0.3, 0.4) is 0 Å². The summed E-state index contributed by atoms with van der Waals surface area (Å²) in [6.07, 6.45) is 6.30. The third kappa shape index (κ3) is 4.38. The van der Waals surface area contributed by atoms with E-state index in [0.29, 0.717) is 5.92 Å². The number of hydrogen-bond acceptors (Lipinski definition) is 6. The van der Waals surface area contributed by atoms with E-state index >= 15 is 0 Å². The second-order valence-corrected chi connectivity index (χ2v) is 7.85. The van der Waals surface area contributed by atoms with Gasteiger partial charge in [0.15, 0.2) is 0 Å². The summed E-state index contributed by atoms with van der Waals surface area (Å²) in [4.78, 5) is 21.2. The van der Waals surface area contributed by atoms with Gasteiger partial charge in [0.2, 0.25) is 0 Å². The molecule has 27 heavy (non-hydrogen) atoms. The Kier molecular flexibility index (Phi) is 5.53. The summed E-state index contributed by atoms with van der Waals surface area (Å²) in [5, 5.41) is 0. The highest BCUT2D eigenvalue weighted by atomic mass is 15.3. The molecule has 0 amide bonds. The molecule has 4 heterocycles. The topological polar surface area (TPSA) is 48.4 Å². The number of aryl methyl sites for hydroxylation is 2. The largest absolute Gasteiger partial charge is 0.355 e. The van der Waals surface area contributed by atoms with Gasteiger partial charge in [-0.2, -0.15) is 0 Å². The lowest BCUT2D eigenvalue weighted by Crippen LogP contribution is -2.50. The van der Waals surface area contributed by atoms with E-state index in [4.69, 9.17) is 4.98 Å². The molecule has 0 aliphatic carbocycles. The van der Waals surface area contributed by atoms with Crippen molar-refractivity contribution in [3.05, 3.63) is 42.0 Å². The van der Waals surface area contributed by atoms with Gasteiger partial charge in [-0.3, -0.25) is 9.88 Å². The molecule has 1 atom stereocenters. The molecule has 0 N–H and O–H groups in total. The first-order chi connectivity index (χ1) is 13.2. The Balaban J connectivity index is 1.32. The third-order valence-electron chi connectivity index (χ3n) is 5.73. The Hall–Kier alpha value is -2.21. The monoisotopic (exact) mass is 366 g/mol. The van der Waals surface area contributed by atoms with E-state index in [1.165, 1.54) is 19.4 Å². The van der Waals surface area contributed by atoms with Crippen molar-refractivity contribution in [1.29, 1.82) is 0 Å². The molecule has 144 valence electrons. The molecule has 2 aliphatic rings. The standard InChI is InChI=1S/C21H30N6/c1-17-14-23-18(2)21(24-17)27-9-5-6-19(16-27)15-25-10-12-26(13-11-25)20-7-3-4-8-22-20/h3-4,7-8,14,19H,5-6,9-13,15-16H2,1-2H3. The fourth-order valence-electron chi connectivity index (χ4n) is 4.30. The molecule has 1 unspecified atom stereocenters. The number of piperazine rings is 1. The molecule has 2 aliphatic heterocycles. The first-order valence-electron chi connectivity index (χ1n) is 10.1. The molecule has 0 bridgehead atoms. The smallest absolute Gasteiger partial charge is 0.150 e. The van der Waals surface area contributed by atoms with Crippen LogP contribution in [0.15, 0.2) is 30.6 Å². The second-order valence-electron chi connectivity index (χ2n) is 7.85. The number of nitrogens with zero attached hydrogens (tertiary/aromatic N) is 6. The fraction of sp³-hybridized carbons (Fsp3) is 0.571. The van der Waals surface area contributed by atoms with Crippen LogP contribution in [0.4, 0.5) is 11.6 Å². The molecule has 0 saturated carbocycles. The van der Waals surface area contributed by atoms with Gasteiger partial charge in [0, 0.05) is 58.2 Å². The Bertz CT molecular complexity index is 742. The van der Waals surface area contributed by atoms with E-state index in [0.717, 1.165) is 62.3 Å². The van der Waals surface area contributed by atoms with Crippen molar-refractivity contribution in [2.45, 2.75) is 26.7 Å². The molecule has 0 radical (unpaired) electrons. The van der Waals surface area contributed by atoms with Crippen LogP contribution in [0.5, 0.6) is 0 Å². The lowest BCUT2D eigenvalue weighted by molar-refractivity contribution is 0.205. The summed E-state index contributed by atoms with van der Waals surface area (Å²) in [5.41, 5.74) is 2.05. The number of anilines is 2. The van der Waals surface area contributed by atoms with Gasteiger partial charge in [-0.05, 0) is 44.7 Å². The molecule has 0 aromatic carbocycles. The zero-order valence-corrected chi connectivity index (χ0v) is 16.5. The van der Waals surface area contributed by atoms with Crippen LogP contribution >= 0.6 is 0 Å². The molecular formula is C21H30N6. The van der Waals surface area contributed by atoms with Gasteiger partial charge >= 0.3 is 0 Å². The molecule has 6 heteroatoms. The number of aromatic nitrogens is 3. The van der Waals surface area contributed by atoms with Crippen molar-refractivity contribution >= 4 is 11.6 Å². The second kappa shape index (κ2) is 8.21. The van der Waals surface area contributed by atoms with Crippen molar-refractivity contribution in [3.63, 3.8) is 0 Å². The Morgan fingerprint density at radius 1 is 1.00 bits per heavy atom. The zero-order valence-electron chi connectivity index (χ0n) is 16.5. The Morgan fingerprint density at radius 3 is 2.63 bits per heavy atom. The maximum absolute atomic E-state index is 4.76. The zero-order chi connectivity index (χ0) is 18.6. The molecule has 2 fully saturated rings. The molecule has 4 rings (SSSR count). The van der Waals surface area contributed by atoms with Gasteiger partial charge in [-0.1, -0.05) is 6.07 Å². The van der Waals surface area contributed by atoms with Gasteiger partial charge in [-0.15, -0.1) is 0 Å². The average molecular weight is 367 g/mol. The summed E-state index contributed by atoms with van der Waals surface area (Å²) in [6.45, 7) is 11.9. The summed E-state index contributed by atoms with van der Waals surface area (Å²) in [7, 11) is 0. The molecule has 0 spiro atoms. The third-order valence-corrected chi connectivity index (χ3v) is 5.73. The first kappa shape index (κ1) is 18.2. The maximum atomic E-state index is 4.76. The quantitative estimate of drug-likeness (QED) is 0.829. The van der Waals surface area contributed by atoms with Crippen molar-refractivity contribution in [1.82, 2.24) is 19.9 Å². The van der Waals surface area contributed by atoms with Crippen LogP contribution in [0.25, 0.3) is 0 Å². The molecule has 2 saturated heterocycles. The number of piperidine rings is 1. The molecule has 2 aromatic heterocycles. The number of pyridine rings is 1. The maximum Gasteiger partial charge on any atom is 0.150 e. The highest BCUT2D eigenvalue weighted by Crippen LogP contribution is 2.25. The number of hydrogen-bond donors (Lipinski definition) is 0.